The molecule has 0 aromatic carbocycles. The standard InChI is InChI=1S/C5H11Cl.ClH3Si/c1-4(2)5(3)6;1-2/h4-5H,1-3H3;2H3. The largest absolute Gasteiger partial charge is 0.181 e. The maximum Gasteiger partial charge on any atom is 0.109 e. The van der Waals surface area contributed by atoms with Crippen LogP contribution in [-0.4, -0.2) is 14.9 Å². The molecule has 0 radical (unpaired) electrons. The minimum absolute atomic E-state index is 0.324. The lowest BCUT2D eigenvalue weighted by Crippen LogP contribution is -1.99. The molecule has 0 N–H and O–H groups in total. The lowest BCUT2D eigenvalue weighted by atomic mass is 10.2. The molecule has 0 saturated carbocycles. The van der Waals surface area contributed by atoms with E-state index >= 15 is 0 Å². The van der Waals surface area contributed by atoms with Crippen LogP contribution >= 0.6 is 22.7 Å². The van der Waals surface area contributed by atoms with E-state index in [1.165, 1.54) is 0 Å². The van der Waals surface area contributed by atoms with Crippen LogP contribution in [0.2, 0.25) is 0 Å². The van der Waals surface area contributed by atoms with Crippen molar-refractivity contribution in [2.24, 2.45) is 5.92 Å². The van der Waals surface area contributed by atoms with Gasteiger partial charge in [-0.2, -0.15) is 11.1 Å². The van der Waals surface area contributed by atoms with Gasteiger partial charge in [-0.25, -0.2) is 0 Å². The van der Waals surface area contributed by atoms with E-state index in [4.69, 9.17) is 22.7 Å². The Bertz CT molecular complexity index is 31.4. The predicted molar refractivity (Wildman–Crippen MR) is 45.9 cm³/mol. The zero-order valence-electron chi connectivity index (χ0n) is 5.91. The van der Waals surface area contributed by atoms with Crippen molar-refractivity contribution in [2.75, 3.05) is 0 Å². The maximum atomic E-state index is 5.61. The first-order valence-corrected chi connectivity index (χ1v) is 6.12. The molecule has 0 amide bonds. The molecule has 8 heavy (non-hydrogen) atoms. The van der Waals surface area contributed by atoms with Crippen molar-refractivity contribution in [1.29, 1.82) is 0 Å². The van der Waals surface area contributed by atoms with Crippen LogP contribution in [0.4, 0.5) is 0 Å². The predicted octanol–water partition coefficient (Wildman–Crippen LogP) is 1.78. The zero-order chi connectivity index (χ0) is 7.15. The fourth-order valence-corrected chi connectivity index (χ4v) is 0. The van der Waals surface area contributed by atoms with Gasteiger partial charge in [0.25, 0.3) is 0 Å². The monoisotopic (exact) mass is 172 g/mol. The summed E-state index contributed by atoms with van der Waals surface area (Å²) in [5.74, 6) is 0.617. The Morgan fingerprint density at radius 2 is 1.25 bits per heavy atom. The van der Waals surface area contributed by atoms with Gasteiger partial charge >= 0.3 is 0 Å². The van der Waals surface area contributed by atoms with E-state index in [0.29, 0.717) is 11.3 Å². The Balaban J connectivity index is 0. The van der Waals surface area contributed by atoms with E-state index in [0.717, 1.165) is 9.55 Å². The van der Waals surface area contributed by atoms with E-state index in [1.807, 2.05) is 6.92 Å². The molecular weight excluding hydrogens is 159 g/mol. The number of rotatable bonds is 1. The Morgan fingerprint density at radius 1 is 1.12 bits per heavy atom. The second kappa shape index (κ2) is 7.80. The summed E-state index contributed by atoms with van der Waals surface area (Å²) in [6.07, 6.45) is 0. The third kappa shape index (κ3) is 9.93. The molecule has 0 aliphatic carbocycles. The molecule has 0 heterocycles. The highest BCUT2D eigenvalue weighted by atomic mass is 35.6. The van der Waals surface area contributed by atoms with Gasteiger partial charge in [-0.05, 0) is 12.8 Å². The van der Waals surface area contributed by atoms with Gasteiger partial charge in [-0.3, -0.25) is 0 Å². The maximum absolute atomic E-state index is 5.61. The fourth-order valence-electron chi connectivity index (χ4n) is 0. The van der Waals surface area contributed by atoms with Gasteiger partial charge in [0.05, 0.1) is 0 Å². The van der Waals surface area contributed by atoms with Crippen molar-refractivity contribution in [2.45, 2.75) is 26.1 Å². The number of alkyl halides is 1. The van der Waals surface area contributed by atoms with Crippen LogP contribution in [0.1, 0.15) is 20.8 Å². The van der Waals surface area contributed by atoms with Crippen LogP contribution in [0.3, 0.4) is 0 Å². The van der Waals surface area contributed by atoms with Gasteiger partial charge in [0, 0.05) is 5.38 Å². The highest BCUT2D eigenvalue weighted by molar-refractivity contribution is 6.80. The topological polar surface area (TPSA) is 0 Å². The fraction of sp³-hybridized carbons (Fsp3) is 1.00. The van der Waals surface area contributed by atoms with Crippen LogP contribution in [0.5, 0.6) is 0 Å². The molecule has 0 nitrogen and oxygen atoms in total. The Labute approximate surface area is 64.7 Å². The van der Waals surface area contributed by atoms with Gasteiger partial charge in [0.2, 0.25) is 0 Å². The van der Waals surface area contributed by atoms with Gasteiger partial charge in [-0.15, -0.1) is 11.6 Å². The quantitative estimate of drug-likeness (QED) is 0.322. The lowest BCUT2D eigenvalue weighted by molar-refractivity contribution is 0.635. The van der Waals surface area contributed by atoms with E-state index in [-0.39, 0.29) is 0 Å². The van der Waals surface area contributed by atoms with Crippen LogP contribution < -0.4 is 0 Å². The van der Waals surface area contributed by atoms with Crippen LogP contribution in [0.25, 0.3) is 0 Å². The minimum atomic E-state index is 0.324. The first kappa shape index (κ1) is 11.6. The smallest absolute Gasteiger partial charge is 0.109 e. The first-order valence-electron chi connectivity index (χ1n) is 2.66. The van der Waals surface area contributed by atoms with Crippen LogP contribution in [0.15, 0.2) is 0 Å². The second-order valence-electron chi connectivity index (χ2n) is 1.92. The van der Waals surface area contributed by atoms with Gasteiger partial charge in [-0.1, -0.05) is 13.8 Å². The van der Waals surface area contributed by atoms with E-state index in [1.54, 1.807) is 0 Å². The van der Waals surface area contributed by atoms with Gasteiger partial charge in [0.15, 0.2) is 0 Å². The van der Waals surface area contributed by atoms with E-state index in [2.05, 4.69) is 13.8 Å². The zero-order valence-corrected chi connectivity index (χ0v) is 9.42. The third-order valence-corrected chi connectivity index (χ3v) is 1.42. The molecule has 0 fully saturated rings. The summed E-state index contributed by atoms with van der Waals surface area (Å²) in [5, 5.41) is 0.324. The number of hydrogen-bond acceptors (Lipinski definition) is 0. The summed E-state index contributed by atoms with van der Waals surface area (Å²) in [5.41, 5.74) is 0. The third-order valence-electron chi connectivity index (χ3n) is 0.919. The number of halogens is 2. The van der Waals surface area contributed by atoms with Crippen molar-refractivity contribution >= 4 is 32.2 Å². The Morgan fingerprint density at radius 3 is 1.25 bits per heavy atom. The van der Waals surface area contributed by atoms with Crippen molar-refractivity contribution in [1.82, 2.24) is 0 Å². The lowest BCUT2D eigenvalue weighted by Gasteiger charge is -2.02. The summed E-state index contributed by atoms with van der Waals surface area (Å²) >= 11 is 10.4. The van der Waals surface area contributed by atoms with Gasteiger partial charge < -0.3 is 0 Å². The molecule has 1 unspecified atom stereocenters. The highest BCUT2D eigenvalue weighted by Crippen LogP contribution is 2.05. The van der Waals surface area contributed by atoms with Crippen LogP contribution in [0, 0.1) is 5.92 Å². The molecule has 0 aliphatic rings. The molecule has 0 aromatic rings. The van der Waals surface area contributed by atoms with E-state index in [9.17, 15) is 0 Å². The Hall–Kier alpha value is 0.797. The van der Waals surface area contributed by atoms with Gasteiger partial charge in [0.1, 0.15) is 9.55 Å². The average molecular weight is 173 g/mol. The number of hydrogen-bond donors (Lipinski definition) is 0. The SMILES string of the molecule is CC(C)C(C)Cl.[SiH3]Cl. The average Bonchev–Trinajstić information content (AvgIpc) is 1.72. The Kier molecular flexibility index (Phi) is 11.3. The van der Waals surface area contributed by atoms with Crippen molar-refractivity contribution in [3.63, 3.8) is 0 Å². The molecule has 0 bridgehead atoms. The first-order chi connectivity index (χ1) is 3.64. The van der Waals surface area contributed by atoms with Crippen molar-refractivity contribution in [3.05, 3.63) is 0 Å². The summed E-state index contributed by atoms with van der Waals surface area (Å²) in [4.78, 5) is 0. The molecular formula is C5H14Cl2Si. The summed E-state index contributed by atoms with van der Waals surface area (Å²) in [6.45, 7) is 6.22. The second-order valence-corrected chi connectivity index (χ2v) is 2.61. The van der Waals surface area contributed by atoms with Crippen LogP contribution in [-0.2, 0) is 0 Å². The summed E-state index contributed by atoms with van der Waals surface area (Å²) in [6, 6.07) is 0. The van der Waals surface area contributed by atoms with E-state index < -0.39 is 0 Å². The minimum Gasteiger partial charge on any atom is -0.181 e. The summed E-state index contributed by atoms with van der Waals surface area (Å²) < 4.78 is 0. The normalized spacial score (nSPS) is 12.8. The molecule has 52 valence electrons. The molecule has 1 atom stereocenters. The molecule has 0 saturated heterocycles. The molecule has 3 heteroatoms. The molecule has 0 aromatic heterocycles. The summed E-state index contributed by atoms with van der Waals surface area (Å²) in [7, 11) is 0.778. The van der Waals surface area contributed by atoms with Crippen molar-refractivity contribution in [3.8, 4) is 0 Å². The van der Waals surface area contributed by atoms with Crippen molar-refractivity contribution < 1.29 is 0 Å². The molecule has 0 rings (SSSR count). The molecule has 0 spiro atoms. The molecule has 0 aliphatic heterocycles. The highest BCUT2D eigenvalue weighted by Gasteiger charge is 1.98.